The minimum atomic E-state index is -0.685. The first-order valence-corrected chi connectivity index (χ1v) is 7.15. The van der Waals surface area contributed by atoms with E-state index in [1.54, 1.807) is 31.2 Å². The Kier molecular flexibility index (Phi) is 5.22. The van der Waals surface area contributed by atoms with Crippen LogP contribution in [0.5, 0.6) is 5.75 Å². The van der Waals surface area contributed by atoms with Gasteiger partial charge in [0.15, 0.2) is 6.10 Å². The number of rotatable bonds is 5. The minimum Gasteiger partial charge on any atom is -0.481 e. The number of hydrogen-bond acceptors (Lipinski definition) is 4. The van der Waals surface area contributed by atoms with Crippen LogP contribution >= 0.6 is 11.6 Å². The van der Waals surface area contributed by atoms with Gasteiger partial charge < -0.3 is 9.15 Å². The number of furan rings is 1. The first-order valence-electron chi connectivity index (χ1n) is 6.78. The van der Waals surface area contributed by atoms with E-state index >= 15 is 0 Å². The van der Waals surface area contributed by atoms with Gasteiger partial charge in [-0.15, -0.1) is 0 Å². The molecule has 0 saturated heterocycles. The van der Waals surface area contributed by atoms with E-state index in [1.807, 2.05) is 19.9 Å². The number of nitrogens with zero attached hydrogens (tertiary/aromatic N) is 1. The zero-order chi connectivity index (χ0) is 16.1. The van der Waals surface area contributed by atoms with Crippen LogP contribution in [-0.4, -0.2) is 18.2 Å². The molecule has 116 valence electrons. The van der Waals surface area contributed by atoms with E-state index in [1.165, 1.54) is 6.21 Å². The summed E-state index contributed by atoms with van der Waals surface area (Å²) in [7, 11) is 0. The number of carbonyl (C=O) groups excluding carboxylic acids is 1. The maximum Gasteiger partial charge on any atom is 0.280 e. The lowest BCUT2D eigenvalue weighted by Gasteiger charge is -2.14. The Balaban J connectivity index is 1.90. The molecular weight excluding hydrogens is 304 g/mol. The van der Waals surface area contributed by atoms with Gasteiger partial charge in [0.2, 0.25) is 0 Å². The van der Waals surface area contributed by atoms with Gasteiger partial charge >= 0.3 is 0 Å². The average Bonchev–Trinajstić information content (AvgIpc) is 2.87. The van der Waals surface area contributed by atoms with Crippen LogP contribution in [0.2, 0.25) is 5.02 Å². The second-order valence-corrected chi connectivity index (χ2v) is 5.29. The molecule has 0 radical (unpaired) electrons. The lowest BCUT2D eigenvalue weighted by molar-refractivity contribution is -0.127. The zero-order valence-corrected chi connectivity index (χ0v) is 13.3. The molecule has 1 unspecified atom stereocenters. The van der Waals surface area contributed by atoms with Crippen molar-refractivity contribution in [2.24, 2.45) is 5.10 Å². The van der Waals surface area contributed by atoms with E-state index in [-0.39, 0.29) is 5.91 Å². The first kappa shape index (κ1) is 16.1. The Bertz CT molecular complexity index is 694. The van der Waals surface area contributed by atoms with Crippen molar-refractivity contribution in [1.82, 2.24) is 5.43 Å². The molecule has 1 aromatic carbocycles. The zero-order valence-electron chi connectivity index (χ0n) is 12.6. The quantitative estimate of drug-likeness (QED) is 0.677. The topological polar surface area (TPSA) is 63.8 Å². The van der Waals surface area contributed by atoms with Crippen LogP contribution in [0.25, 0.3) is 0 Å². The second-order valence-electron chi connectivity index (χ2n) is 4.85. The molecule has 6 heteroatoms. The van der Waals surface area contributed by atoms with E-state index in [9.17, 15) is 4.79 Å². The molecule has 1 atom stereocenters. The number of nitrogens with one attached hydrogen (secondary N) is 1. The van der Waals surface area contributed by atoms with Gasteiger partial charge in [0.1, 0.15) is 17.3 Å². The molecule has 2 rings (SSSR count). The highest BCUT2D eigenvalue weighted by Crippen LogP contribution is 2.22. The molecule has 22 heavy (non-hydrogen) atoms. The van der Waals surface area contributed by atoms with Crippen molar-refractivity contribution in [3.63, 3.8) is 0 Å². The number of hydrogen-bond donors (Lipinski definition) is 1. The van der Waals surface area contributed by atoms with Gasteiger partial charge in [-0.1, -0.05) is 11.6 Å². The summed E-state index contributed by atoms with van der Waals surface area (Å²) in [5.74, 6) is 1.61. The van der Waals surface area contributed by atoms with Crippen LogP contribution < -0.4 is 10.2 Å². The van der Waals surface area contributed by atoms with Crippen LogP contribution in [0, 0.1) is 13.8 Å². The fourth-order valence-corrected chi connectivity index (χ4v) is 1.99. The van der Waals surface area contributed by atoms with Crippen LogP contribution in [0.15, 0.2) is 39.9 Å². The van der Waals surface area contributed by atoms with E-state index in [2.05, 4.69) is 10.5 Å². The average molecular weight is 321 g/mol. The van der Waals surface area contributed by atoms with Gasteiger partial charge in [-0.2, -0.15) is 5.10 Å². The fourth-order valence-electron chi connectivity index (χ4n) is 1.76. The van der Waals surface area contributed by atoms with Crippen molar-refractivity contribution in [3.8, 4) is 5.75 Å². The third kappa shape index (κ3) is 4.36. The summed E-state index contributed by atoms with van der Waals surface area (Å²) < 4.78 is 10.9. The number of aryl methyl sites for hydroxylation is 2. The van der Waals surface area contributed by atoms with Gasteiger partial charge in [0.05, 0.1) is 6.21 Å². The molecule has 1 amide bonds. The summed E-state index contributed by atoms with van der Waals surface area (Å²) >= 11 is 5.88. The van der Waals surface area contributed by atoms with Crippen molar-refractivity contribution in [2.75, 3.05) is 0 Å². The summed E-state index contributed by atoms with van der Waals surface area (Å²) in [6, 6.07) is 8.81. The minimum absolute atomic E-state index is 0.353. The molecule has 0 saturated carbocycles. The first-order chi connectivity index (χ1) is 10.5. The van der Waals surface area contributed by atoms with Gasteiger partial charge in [-0.05, 0) is 56.7 Å². The SMILES string of the molecule is Cc1ccc(/C=N/NC(=O)C(C)Oc2ccc(Cl)cc2C)o1. The summed E-state index contributed by atoms with van der Waals surface area (Å²) in [6.45, 7) is 5.35. The summed E-state index contributed by atoms with van der Waals surface area (Å²) in [4.78, 5) is 11.9. The number of carbonyl (C=O) groups is 1. The standard InChI is InChI=1S/C16H17ClN2O3/c1-10-8-13(17)5-7-15(10)22-12(3)16(20)19-18-9-14-6-4-11(2)21-14/h4-9,12H,1-3H3,(H,19,20)/b18-9+. The maximum absolute atomic E-state index is 11.9. The normalized spacial score (nSPS) is 12.4. The summed E-state index contributed by atoms with van der Waals surface area (Å²) in [6.07, 6.45) is 0.751. The van der Waals surface area contributed by atoms with Crippen LogP contribution in [0.1, 0.15) is 24.0 Å². The highest BCUT2D eigenvalue weighted by Gasteiger charge is 2.15. The molecular formula is C16H17ClN2O3. The highest BCUT2D eigenvalue weighted by atomic mass is 35.5. The van der Waals surface area contributed by atoms with Crippen molar-refractivity contribution in [1.29, 1.82) is 0 Å². The van der Waals surface area contributed by atoms with Gasteiger partial charge in [0.25, 0.3) is 5.91 Å². The number of amides is 1. The number of hydrazone groups is 1. The Labute approximate surface area is 133 Å². The Hall–Kier alpha value is -2.27. The molecule has 1 aromatic heterocycles. The second kappa shape index (κ2) is 7.13. The number of benzene rings is 1. The summed E-state index contributed by atoms with van der Waals surface area (Å²) in [5.41, 5.74) is 3.27. The van der Waals surface area contributed by atoms with E-state index in [0.717, 1.165) is 11.3 Å². The molecule has 0 bridgehead atoms. The molecule has 0 aliphatic heterocycles. The fraction of sp³-hybridized carbons (Fsp3) is 0.250. The lowest BCUT2D eigenvalue weighted by atomic mass is 10.2. The molecule has 1 N–H and O–H groups in total. The largest absolute Gasteiger partial charge is 0.481 e. The van der Waals surface area contributed by atoms with Crippen molar-refractivity contribution in [2.45, 2.75) is 26.9 Å². The van der Waals surface area contributed by atoms with E-state index in [4.69, 9.17) is 20.8 Å². The molecule has 0 spiro atoms. The van der Waals surface area contributed by atoms with E-state index < -0.39 is 6.10 Å². The predicted octanol–water partition coefficient (Wildman–Crippen LogP) is 3.47. The number of ether oxygens (including phenoxy) is 1. The molecule has 1 heterocycles. The van der Waals surface area contributed by atoms with Crippen molar-refractivity contribution >= 4 is 23.7 Å². The highest BCUT2D eigenvalue weighted by molar-refractivity contribution is 6.30. The van der Waals surface area contributed by atoms with Crippen LogP contribution in [0.3, 0.4) is 0 Å². The number of halogens is 1. The molecule has 0 aliphatic carbocycles. The molecule has 5 nitrogen and oxygen atoms in total. The smallest absolute Gasteiger partial charge is 0.280 e. The van der Waals surface area contributed by atoms with E-state index in [0.29, 0.717) is 16.5 Å². The Morgan fingerprint density at radius 2 is 2.14 bits per heavy atom. The van der Waals surface area contributed by atoms with Gasteiger partial charge in [-0.25, -0.2) is 5.43 Å². The van der Waals surface area contributed by atoms with Crippen molar-refractivity contribution < 1.29 is 13.9 Å². The third-order valence-corrected chi connectivity index (χ3v) is 3.17. The Morgan fingerprint density at radius 1 is 1.36 bits per heavy atom. The lowest BCUT2D eigenvalue weighted by Crippen LogP contribution is -2.33. The predicted molar refractivity (Wildman–Crippen MR) is 85.5 cm³/mol. The maximum atomic E-state index is 11.9. The van der Waals surface area contributed by atoms with Crippen LogP contribution in [-0.2, 0) is 4.79 Å². The monoisotopic (exact) mass is 320 g/mol. The molecule has 0 aliphatic rings. The van der Waals surface area contributed by atoms with Crippen molar-refractivity contribution in [3.05, 3.63) is 52.4 Å². The van der Waals surface area contributed by atoms with Gasteiger partial charge in [-0.3, -0.25) is 4.79 Å². The Morgan fingerprint density at radius 3 is 2.77 bits per heavy atom. The summed E-state index contributed by atoms with van der Waals surface area (Å²) in [5, 5.41) is 4.46. The molecule has 0 fully saturated rings. The van der Waals surface area contributed by atoms with Gasteiger partial charge in [0, 0.05) is 5.02 Å². The molecule has 2 aromatic rings. The van der Waals surface area contributed by atoms with Crippen LogP contribution in [0.4, 0.5) is 0 Å². The third-order valence-electron chi connectivity index (χ3n) is 2.94.